The van der Waals surface area contributed by atoms with Crippen molar-refractivity contribution >= 4 is 23.4 Å². The van der Waals surface area contributed by atoms with Crippen molar-refractivity contribution in [1.29, 1.82) is 0 Å². The molecule has 0 aromatic carbocycles. The highest BCUT2D eigenvalue weighted by Gasteiger charge is 2.25. The Balaban J connectivity index is 1.20. The Labute approximate surface area is 196 Å². The maximum atomic E-state index is 5.50. The van der Waals surface area contributed by atoms with Crippen molar-refractivity contribution in [1.82, 2.24) is 30.3 Å². The second kappa shape index (κ2) is 9.10. The maximum Gasteiger partial charge on any atom is 0.227 e. The molecule has 174 valence electrons. The third-order valence-corrected chi connectivity index (χ3v) is 5.83. The molecule has 1 aliphatic heterocycles. The molecule has 1 saturated carbocycles. The number of aromatic nitrogens is 6. The summed E-state index contributed by atoms with van der Waals surface area (Å²) in [7, 11) is 0. The first kappa shape index (κ1) is 20.6. The van der Waals surface area contributed by atoms with Crippen LogP contribution < -0.4 is 15.5 Å². The van der Waals surface area contributed by atoms with Crippen LogP contribution in [0.4, 0.5) is 23.4 Å². The monoisotopic (exact) mass is 459 g/mol. The molecule has 0 bridgehead atoms. The highest BCUT2D eigenvalue weighted by Crippen LogP contribution is 2.39. The molecule has 4 aromatic rings. The second-order valence-electron chi connectivity index (χ2n) is 8.39. The van der Waals surface area contributed by atoms with Gasteiger partial charge < -0.3 is 24.8 Å². The Morgan fingerprint density at radius 3 is 2.76 bits per heavy atom. The molecular weight excluding hydrogens is 434 g/mol. The summed E-state index contributed by atoms with van der Waals surface area (Å²) < 4.78 is 11.0. The Hall–Kier alpha value is -3.99. The van der Waals surface area contributed by atoms with Gasteiger partial charge in [0.2, 0.25) is 5.95 Å². The topological polar surface area (TPSA) is 130 Å². The van der Waals surface area contributed by atoms with Crippen molar-refractivity contribution in [3.8, 4) is 11.4 Å². The first-order valence-corrected chi connectivity index (χ1v) is 11.5. The summed E-state index contributed by atoms with van der Waals surface area (Å²) in [5, 5.41) is 18.2. The molecule has 4 aromatic heterocycles. The molecule has 11 heteroatoms. The van der Waals surface area contributed by atoms with Crippen molar-refractivity contribution in [2.75, 3.05) is 41.8 Å². The zero-order chi connectivity index (χ0) is 22.7. The molecule has 0 amide bonds. The van der Waals surface area contributed by atoms with Crippen molar-refractivity contribution in [3.63, 3.8) is 0 Å². The van der Waals surface area contributed by atoms with Crippen molar-refractivity contribution in [2.45, 2.75) is 25.3 Å². The number of aromatic amines is 1. The lowest BCUT2D eigenvalue weighted by atomic mass is 10.2. The van der Waals surface area contributed by atoms with Gasteiger partial charge in [-0.1, -0.05) is 11.2 Å². The summed E-state index contributed by atoms with van der Waals surface area (Å²) in [6.45, 7) is 3.29. The first-order chi connectivity index (χ1) is 16.8. The van der Waals surface area contributed by atoms with Crippen LogP contribution >= 0.6 is 0 Å². The zero-order valence-corrected chi connectivity index (χ0v) is 18.6. The number of morpholine rings is 1. The average Bonchev–Trinajstić information content (AvgIpc) is 3.44. The normalized spacial score (nSPS) is 15.9. The quantitative estimate of drug-likeness (QED) is 0.361. The summed E-state index contributed by atoms with van der Waals surface area (Å²) in [5.74, 6) is 3.99. The van der Waals surface area contributed by atoms with E-state index in [9.17, 15) is 0 Å². The van der Waals surface area contributed by atoms with E-state index in [4.69, 9.17) is 14.2 Å². The molecule has 11 nitrogen and oxygen atoms in total. The van der Waals surface area contributed by atoms with Gasteiger partial charge in [-0.05, 0) is 25.0 Å². The number of H-pyrrole nitrogens is 1. The van der Waals surface area contributed by atoms with E-state index in [1.165, 1.54) is 12.8 Å². The summed E-state index contributed by atoms with van der Waals surface area (Å²) in [5.41, 5.74) is 2.61. The molecule has 1 saturated heterocycles. The predicted octanol–water partition coefficient (Wildman–Crippen LogP) is 3.32. The van der Waals surface area contributed by atoms with Gasteiger partial charge in [0.05, 0.1) is 25.5 Å². The fraction of sp³-hybridized carbons (Fsp3) is 0.348. The molecular formula is C23H25N9O2. The lowest BCUT2D eigenvalue weighted by Gasteiger charge is -2.28. The Kier molecular flexibility index (Phi) is 5.52. The molecule has 34 heavy (non-hydrogen) atoms. The van der Waals surface area contributed by atoms with Gasteiger partial charge in [0.15, 0.2) is 11.6 Å². The Bertz CT molecular complexity index is 1250. The minimum absolute atomic E-state index is 0.389. The van der Waals surface area contributed by atoms with Gasteiger partial charge in [-0.15, -0.1) is 0 Å². The molecule has 3 N–H and O–H groups in total. The van der Waals surface area contributed by atoms with Crippen molar-refractivity contribution in [2.24, 2.45) is 0 Å². The van der Waals surface area contributed by atoms with Crippen LogP contribution in [-0.2, 0) is 11.3 Å². The Morgan fingerprint density at radius 1 is 1.03 bits per heavy atom. The number of hydrogen-bond donors (Lipinski definition) is 3. The van der Waals surface area contributed by atoms with Crippen LogP contribution in [0.1, 0.15) is 30.2 Å². The molecule has 5 heterocycles. The van der Waals surface area contributed by atoms with E-state index in [0.717, 1.165) is 36.1 Å². The van der Waals surface area contributed by atoms with E-state index in [1.54, 1.807) is 6.20 Å². The smallest absolute Gasteiger partial charge is 0.227 e. The lowest BCUT2D eigenvalue weighted by molar-refractivity contribution is 0.122. The standard InChI is InChI=1S/C23H25N9O2/c1-2-6-24-17(3-1)19-11-16(34-31-19)14-25-23-27-20(13-22(28-23)32-7-9-33-10-8-32)26-21-12-18(29-30-21)15-4-5-15/h1-3,6,11-13,15H,4-5,7-10,14H2,(H3,25,26,27,28,29,30). The number of nitrogens with zero attached hydrogens (tertiary/aromatic N) is 6. The van der Waals surface area contributed by atoms with Crippen LogP contribution in [0.2, 0.25) is 0 Å². The average molecular weight is 460 g/mol. The number of hydrogen-bond acceptors (Lipinski definition) is 10. The fourth-order valence-corrected chi connectivity index (χ4v) is 3.86. The SMILES string of the molecule is c1ccc(-c2cc(CNc3nc(Nc4cc(C5CC5)[nH]n4)cc(N4CCOCC4)n3)on2)nc1. The second-order valence-corrected chi connectivity index (χ2v) is 8.39. The van der Waals surface area contributed by atoms with Gasteiger partial charge in [0, 0.05) is 49.1 Å². The van der Waals surface area contributed by atoms with Crippen molar-refractivity contribution < 1.29 is 9.26 Å². The van der Waals surface area contributed by atoms with E-state index in [0.29, 0.717) is 48.9 Å². The minimum atomic E-state index is 0.389. The van der Waals surface area contributed by atoms with Crippen LogP contribution in [0.15, 0.2) is 47.1 Å². The highest BCUT2D eigenvalue weighted by atomic mass is 16.5. The van der Waals surface area contributed by atoms with E-state index in [-0.39, 0.29) is 0 Å². The summed E-state index contributed by atoms with van der Waals surface area (Å²) in [4.78, 5) is 15.9. The van der Waals surface area contributed by atoms with Gasteiger partial charge in [0.25, 0.3) is 0 Å². The molecule has 0 atom stereocenters. The minimum Gasteiger partial charge on any atom is -0.378 e. The number of ether oxygens (including phenoxy) is 1. The first-order valence-electron chi connectivity index (χ1n) is 11.5. The highest BCUT2D eigenvalue weighted by molar-refractivity contribution is 5.60. The van der Waals surface area contributed by atoms with E-state index < -0.39 is 0 Å². The van der Waals surface area contributed by atoms with Gasteiger partial charge in [-0.2, -0.15) is 15.1 Å². The Morgan fingerprint density at radius 2 is 1.94 bits per heavy atom. The zero-order valence-electron chi connectivity index (χ0n) is 18.6. The molecule has 0 radical (unpaired) electrons. The van der Waals surface area contributed by atoms with Crippen LogP contribution in [-0.4, -0.2) is 56.6 Å². The number of rotatable bonds is 8. The van der Waals surface area contributed by atoms with Gasteiger partial charge >= 0.3 is 0 Å². The van der Waals surface area contributed by atoms with E-state index in [2.05, 4.69) is 46.9 Å². The van der Waals surface area contributed by atoms with Gasteiger partial charge in [0.1, 0.15) is 17.3 Å². The largest absolute Gasteiger partial charge is 0.378 e. The van der Waals surface area contributed by atoms with Crippen molar-refractivity contribution in [3.05, 3.63) is 54.0 Å². The third-order valence-electron chi connectivity index (χ3n) is 5.83. The van der Waals surface area contributed by atoms with E-state index in [1.807, 2.05) is 30.3 Å². The molecule has 1 aliphatic carbocycles. The van der Waals surface area contributed by atoms with Crippen LogP contribution in [0.5, 0.6) is 0 Å². The lowest BCUT2D eigenvalue weighted by Crippen LogP contribution is -2.37. The van der Waals surface area contributed by atoms with Crippen LogP contribution in [0.25, 0.3) is 11.4 Å². The van der Waals surface area contributed by atoms with Crippen LogP contribution in [0, 0.1) is 0 Å². The summed E-state index contributed by atoms with van der Waals surface area (Å²) in [6, 6.07) is 11.5. The molecule has 2 fully saturated rings. The summed E-state index contributed by atoms with van der Waals surface area (Å²) >= 11 is 0. The summed E-state index contributed by atoms with van der Waals surface area (Å²) in [6.07, 6.45) is 4.16. The molecule has 6 rings (SSSR count). The predicted molar refractivity (Wildman–Crippen MR) is 126 cm³/mol. The molecule has 0 spiro atoms. The third kappa shape index (κ3) is 4.69. The van der Waals surface area contributed by atoms with Crippen LogP contribution in [0.3, 0.4) is 0 Å². The maximum absolute atomic E-state index is 5.50. The number of pyridine rings is 1. The number of nitrogens with one attached hydrogen (secondary N) is 3. The van der Waals surface area contributed by atoms with Gasteiger partial charge in [-0.3, -0.25) is 10.1 Å². The fourth-order valence-electron chi connectivity index (χ4n) is 3.86. The number of anilines is 4. The molecule has 2 aliphatic rings. The molecule has 0 unspecified atom stereocenters. The van der Waals surface area contributed by atoms with Gasteiger partial charge in [-0.25, -0.2) is 0 Å². The van der Waals surface area contributed by atoms with E-state index >= 15 is 0 Å².